The smallest absolute Gasteiger partial charge is 0.319 e. The van der Waals surface area contributed by atoms with Gasteiger partial charge in [0.1, 0.15) is 0 Å². The Labute approximate surface area is 163 Å². The average Bonchev–Trinajstić information content (AvgIpc) is 2.68. The molecule has 0 fully saturated rings. The summed E-state index contributed by atoms with van der Waals surface area (Å²) in [5, 5.41) is 14.5. The first-order valence-corrected chi connectivity index (χ1v) is 8.95. The molecule has 2 aromatic rings. The predicted molar refractivity (Wildman–Crippen MR) is 105 cm³/mol. The Morgan fingerprint density at radius 3 is 2.29 bits per heavy atom. The minimum absolute atomic E-state index is 0.0278. The number of carboxylic acids is 1. The molecule has 2 aromatic carbocycles. The highest BCUT2D eigenvalue weighted by Crippen LogP contribution is 2.12. The van der Waals surface area contributed by atoms with Gasteiger partial charge >= 0.3 is 18.0 Å². The van der Waals surface area contributed by atoms with Crippen LogP contribution in [-0.4, -0.2) is 36.2 Å². The number of nitrogens with one attached hydrogen (secondary N) is 2. The Balaban J connectivity index is 1.94. The molecule has 28 heavy (non-hydrogen) atoms. The molecule has 0 heterocycles. The number of rotatable bonds is 9. The number of carbonyl (C=O) groups excluding carboxylic acids is 2. The van der Waals surface area contributed by atoms with Crippen LogP contribution in [0.3, 0.4) is 0 Å². The van der Waals surface area contributed by atoms with Crippen LogP contribution < -0.4 is 10.6 Å². The number of amides is 2. The number of hydrogen-bond donors (Lipinski definition) is 3. The number of carbonyl (C=O) groups is 3. The zero-order valence-electron chi connectivity index (χ0n) is 15.7. The number of anilines is 1. The molecule has 1 unspecified atom stereocenters. The molecule has 0 aromatic heterocycles. The molecule has 0 radical (unpaired) electrons. The molecule has 0 aliphatic heterocycles. The monoisotopic (exact) mass is 384 g/mol. The van der Waals surface area contributed by atoms with Crippen molar-refractivity contribution in [2.45, 2.75) is 31.7 Å². The Morgan fingerprint density at radius 2 is 1.68 bits per heavy atom. The zero-order chi connectivity index (χ0) is 20.4. The number of ether oxygens (including phenoxy) is 1. The van der Waals surface area contributed by atoms with Crippen LogP contribution in [0.25, 0.3) is 0 Å². The summed E-state index contributed by atoms with van der Waals surface area (Å²) in [6, 6.07) is 15.7. The fraction of sp³-hybridized carbons (Fsp3) is 0.286. The molecular weight excluding hydrogens is 360 g/mol. The van der Waals surface area contributed by atoms with Crippen molar-refractivity contribution >= 4 is 23.7 Å². The van der Waals surface area contributed by atoms with Gasteiger partial charge in [-0.1, -0.05) is 42.5 Å². The first-order valence-electron chi connectivity index (χ1n) is 8.95. The van der Waals surface area contributed by atoms with Crippen molar-refractivity contribution in [3.05, 3.63) is 65.7 Å². The van der Waals surface area contributed by atoms with E-state index in [-0.39, 0.29) is 24.9 Å². The van der Waals surface area contributed by atoms with Crippen molar-refractivity contribution in [2.75, 3.05) is 12.4 Å². The molecule has 7 heteroatoms. The van der Waals surface area contributed by atoms with Gasteiger partial charge in [0, 0.05) is 18.2 Å². The number of benzene rings is 2. The third-order valence-electron chi connectivity index (χ3n) is 4.15. The number of methoxy groups -OCH3 is 1. The number of aliphatic carboxylic acids is 1. The Morgan fingerprint density at radius 1 is 1.00 bits per heavy atom. The van der Waals surface area contributed by atoms with E-state index in [0.29, 0.717) is 18.5 Å². The van der Waals surface area contributed by atoms with Crippen molar-refractivity contribution in [1.29, 1.82) is 0 Å². The summed E-state index contributed by atoms with van der Waals surface area (Å²) >= 11 is 0. The van der Waals surface area contributed by atoms with Gasteiger partial charge in [0.2, 0.25) is 0 Å². The standard InChI is InChI=1S/C21H24N2O5/c1-28-20(26)14-16-7-9-17(10-8-16)22-21(27)23-18(11-12-19(24)25)13-15-5-3-2-4-6-15/h2-10,18H,11-14H2,1H3,(H,24,25)(H2,22,23,27). The largest absolute Gasteiger partial charge is 0.481 e. The summed E-state index contributed by atoms with van der Waals surface area (Å²) in [5.41, 5.74) is 2.37. The molecule has 0 saturated heterocycles. The van der Waals surface area contributed by atoms with E-state index in [4.69, 9.17) is 5.11 Å². The van der Waals surface area contributed by atoms with Gasteiger partial charge in [-0.15, -0.1) is 0 Å². The van der Waals surface area contributed by atoms with Gasteiger partial charge < -0.3 is 20.5 Å². The lowest BCUT2D eigenvalue weighted by Gasteiger charge is -2.19. The minimum atomic E-state index is -0.901. The van der Waals surface area contributed by atoms with Crippen LogP contribution in [0, 0.1) is 0 Å². The summed E-state index contributed by atoms with van der Waals surface area (Å²) in [6.07, 6.45) is 1.01. The maximum absolute atomic E-state index is 12.3. The second-order valence-electron chi connectivity index (χ2n) is 6.37. The van der Waals surface area contributed by atoms with Gasteiger partial charge in [-0.25, -0.2) is 4.79 Å². The maximum Gasteiger partial charge on any atom is 0.319 e. The molecule has 1 atom stereocenters. The van der Waals surface area contributed by atoms with Crippen molar-refractivity contribution in [2.24, 2.45) is 0 Å². The van der Waals surface area contributed by atoms with E-state index in [9.17, 15) is 14.4 Å². The fourth-order valence-corrected chi connectivity index (χ4v) is 2.72. The van der Waals surface area contributed by atoms with E-state index < -0.39 is 12.0 Å². The lowest BCUT2D eigenvalue weighted by molar-refractivity contribution is -0.140. The topological polar surface area (TPSA) is 105 Å². The summed E-state index contributed by atoms with van der Waals surface area (Å²) in [7, 11) is 1.33. The SMILES string of the molecule is COC(=O)Cc1ccc(NC(=O)NC(CCC(=O)O)Cc2ccccc2)cc1. The first-order chi connectivity index (χ1) is 13.5. The van der Waals surface area contributed by atoms with Crippen molar-refractivity contribution in [3.8, 4) is 0 Å². The third-order valence-corrected chi connectivity index (χ3v) is 4.15. The minimum Gasteiger partial charge on any atom is -0.481 e. The molecule has 0 aliphatic rings. The van der Waals surface area contributed by atoms with Gasteiger partial charge in [0.25, 0.3) is 0 Å². The van der Waals surface area contributed by atoms with Crippen molar-refractivity contribution < 1.29 is 24.2 Å². The molecule has 0 spiro atoms. The normalized spacial score (nSPS) is 11.3. The van der Waals surface area contributed by atoms with Crippen LogP contribution in [0.5, 0.6) is 0 Å². The second-order valence-corrected chi connectivity index (χ2v) is 6.37. The lowest BCUT2D eigenvalue weighted by Crippen LogP contribution is -2.39. The average molecular weight is 384 g/mol. The van der Waals surface area contributed by atoms with Crippen LogP contribution in [0.4, 0.5) is 10.5 Å². The van der Waals surface area contributed by atoms with Crippen LogP contribution in [-0.2, 0) is 27.2 Å². The molecule has 0 saturated carbocycles. The molecule has 0 bridgehead atoms. The lowest BCUT2D eigenvalue weighted by atomic mass is 10.0. The van der Waals surface area contributed by atoms with E-state index in [0.717, 1.165) is 11.1 Å². The number of hydrogen-bond acceptors (Lipinski definition) is 4. The van der Waals surface area contributed by atoms with Crippen LogP contribution in [0.2, 0.25) is 0 Å². The highest BCUT2D eigenvalue weighted by atomic mass is 16.5. The van der Waals surface area contributed by atoms with Gasteiger partial charge in [-0.05, 0) is 36.1 Å². The number of urea groups is 1. The Bertz CT molecular complexity index is 790. The summed E-state index contributed by atoms with van der Waals surface area (Å²) < 4.78 is 4.62. The van der Waals surface area contributed by atoms with E-state index in [2.05, 4.69) is 15.4 Å². The second kappa shape index (κ2) is 10.7. The maximum atomic E-state index is 12.3. The quantitative estimate of drug-likeness (QED) is 0.577. The van der Waals surface area contributed by atoms with Crippen LogP contribution in [0.1, 0.15) is 24.0 Å². The summed E-state index contributed by atoms with van der Waals surface area (Å²) in [6.45, 7) is 0. The van der Waals surface area contributed by atoms with Crippen molar-refractivity contribution in [3.63, 3.8) is 0 Å². The van der Waals surface area contributed by atoms with Gasteiger partial charge in [0.05, 0.1) is 13.5 Å². The highest BCUT2D eigenvalue weighted by molar-refractivity contribution is 5.89. The van der Waals surface area contributed by atoms with Gasteiger partial charge in [0.15, 0.2) is 0 Å². The van der Waals surface area contributed by atoms with Gasteiger partial charge in [-0.2, -0.15) is 0 Å². The zero-order valence-corrected chi connectivity index (χ0v) is 15.7. The van der Waals surface area contributed by atoms with E-state index in [1.165, 1.54) is 7.11 Å². The number of esters is 1. The van der Waals surface area contributed by atoms with Crippen LogP contribution in [0.15, 0.2) is 54.6 Å². The Hall–Kier alpha value is -3.35. The molecule has 2 rings (SSSR count). The molecule has 0 aliphatic carbocycles. The van der Waals surface area contributed by atoms with E-state index in [1.54, 1.807) is 24.3 Å². The third kappa shape index (κ3) is 7.49. The van der Waals surface area contributed by atoms with Gasteiger partial charge in [-0.3, -0.25) is 9.59 Å². The molecular formula is C21H24N2O5. The van der Waals surface area contributed by atoms with Crippen LogP contribution >= 0.6 is 0 Å². The van der Waals surface area contributed by atoms with E-state index >= 15 is 0 Å². The number of carboxylic acid groups (broad SMARTS) is 1. The molecule has 7 nitrogen and oxygen atoms in total. The fourth-order valence-electron chi connectivity index (χ4n) is 2.72. The molecule has 3 N–H and O–H groups in total. The highest BCUT2D eigenvalue weighted by Gasteiger charge is 2.15. The summed E-state index contributed by atoms with van der Waals surface area (Å²) in [5.74, 6) is -1.23. The first kappa shape index (κ1) is 21.0. The molecule has 148 valence electrons. The Kier molecular flexibility index (Phi) is 8.02. The van der Waals surface area contributed by atoms with Crippen molar-refractivity contribution in [1.82, 2.24) is 5.32 Å². The summed E-state index contributed by atoms with van der Waals surface area (Å²) in [4.78, 5) is 34.5. The predicted octanol–water partition coefficient (Wildman–Crippen LogP) is 3.00. The van der Waals surface area contributed by atoms with E-state index in [1.807, 2.05) is 30.3 Å². The molecule has 2 amide bonds.